The molecule has 0 radical (unpaired) electrons. The lowest BCUT2D eigenvalue weighted by Crippen LogP contribution is -1.95. The van der Waals surface area contributed by atoms with E-state index in [4.69, 9.17) is 10.2 Å². The lowest BCUT2D eigenvalue weighted by molar-refractivity contribution is 0.414. The first-order valence-electron chi connectivity index (χ1n) is 4.01. The molecule has 0 atom stereocenters. The minimum atomic E-state index is 0.273. The molecule has 2 rings (SSSR count). The van der Waals surface area contributed by atoms with Gasteiger partial charge in [-0.15, -0.1) is 10.2 Å². The summed E-state index contributed by atoms with van der Waals surface area (Å²) in [6.07, 6.45) is 3.59. The van der Waals surface area contributed by atoms with Crippen molar-refractivity contribution < 1.29 is 4.42 Å². The van der Waals surface area contributed by atoms with Gasteiger partial charge in [-0.05, 0) is 17.8 Å². The van der Waals surface area contributed by atoms with E-state index in [1.54, 1.807) is 10.9 Å². The zero-order valence-electron chi connectivity index (χ0n) is 7.33. The number of nitrogens with two attached hydrogens (primary N) is 1. The van der Waals surface area contributed by atoms with Crippen LogP contribution in [0.1, 0.15) is 5.89 Å². The van der Waals surface area contributed by atoms with Crippen molar-refractivity contribution in [2.24, 2.45) is 5.73 Å². The number of nitrogens with zero attached hydrogens (tertiary/aromatic N) is 4. The fraction of sp³-hybridized carbons (Fsp3) is 0.286. The maximum atomic E-state index is 5.33. The van der Waals surface area contributed by atoms with E-state index in [0.29, 0.717) is 17.0 Å². The summed E-state index contributed by atoms with van der Waals surface area (Å²) in [6.45, 7) is 0.273. The molecule has 0 saturated heterocycles. The summed E-state index contributed by atoms with van der Waals surface area (Å²) in [5.41, 5.74) is 5.33. The SMILES string of the molecule is NCc1nnc(SCn2cccn2)o1. The molecule has 74 valence electrons. The van der Waals surface area contributed by atoms with E-state index in [0.717, 1.165) is 0 Å². The Labute approximate surface area is 84.5 Å². The second-order valence-electron chi connectivity index (χ2n) is 2.48. The van der Waals surface area contributed by atoms with E-state index in [1.807, 2.05) is 12.3 Å². The average molecular weight is 211 g/mol. The first kappa shape index (κ1) is 9.22. The van der Waals surface area contributed by atoms with Crippen molar-refractivity contribution in [2.75, 3.05) is 0 Å². The summed E-state index contributed by atoms with van der Waals surface area (Å²) in [5.74, 6) is 1.10. The van der Waals surface area contributed by atoms with E-state index in [9.17, 15) is 0 Å². The molecule has 2 aromatic rings. The van der Waals surface area contributed by atoms with E-state index < -0.39 is 0 Å². The smallest absolute Gasteiger partial charge is 0.278 e. The quantitative estimate of drug-likeness (QED) is 0.740. The van der Waals surface area contributed by atoms with Gasteiger partial charge in [0.15, 0.2) is 0 Å². The van der Waals surface area contributed by atoms with Crippen LogP contribution in [0.2, 0.25) is 0 Å². The molecule has 2 N–H and O–H groups in total. The third-order valence-electron chi connectivity index (χ3n) is 1.50. The molecule has 0 aliphatic heterocycles. The zero-order valence-corrected chi connectivity index (χ0v) is 8.15. The summed E-state index contributed by atoms with van der Waals surface area (Å²) in [5, 5.41) is 12.1. The van der Waals surface area contributed by atoms with Crippen LogP contribution < -0.4 is 5.73 Å². The van der Waals surface area contributed by atoms with Crippen molar-refractivity contribution in [1.29, 1.82) is 0 Å². The number of thioether (sulfide) groups is 1. The van der Waals surface area contributed by atoms with Crippen molar-refractivity contribution in [2.45, 2.75) is 17.6 Å². The summed E-state index contributed by atoms with van der Waals surface area (Å²) in [4.78, 5) is 0. The van der Waals surface area contributed by atoms with E-state index in [-0.39, 0.29) is 6.54 Å². The van der Waals surface area contributed by atoms with Gasteiger partial charge in [0, 0.05) is 12.4 Å². The second-order valence-corrected chi connectivity index (χ2v) is 3.38. The molecule has 0 bridgehead atoms. The molecule has 0 aliphatic rings. The van der Waals surface area contributed by atoms with Gasteiger partial charge < -0.3 is 10.2 Å². The van der Waals surface area contributed by atoms with Crippen LogP contribution in [0.25, 0.3) is 0 Å². The van der Waals surface area contributed by atoms with E-state index >= 15 is 0 Å². The van der Waals surface area contributed by atoms with Gasteiger partial charge in [0.1, 0.15) is 0 Å². The van der Waals surface area contributed by atoms with Gasteiger partial charge in [0.25, 0.3) is 5.22 Å². The molecule has 0 saturated carbocycles. The molecule has 0 amide bonds. The Morgan fingerprint density at radius 1 is 1.50 bits per heavy atom. The molecule has 2 aromatic heterocycles. The molecular formula is C7H9N5OS. The second kappa shape index (κ2) is 4.25. The predicted molar refractivity (Wildman–Crippen MR) is 50.3 cm³/mol. The van der Waals surface area contributed by atoms with Gasteiger partial charge in [-0.3, -0.25) is 4.68 Å². The Hall–Kier alpha value is -1.34. The van der Waals surface area contributed by atoms with Crippen molar-refractivity contribution in [1.82, 2.24) is 20.0 Å². The number of rotatable bonds is 4. The molecule has 14 heavy (non-hydrogen) atoms. The van der Waals surface area contributed by atoms with Crippen LogP contribution in [0.15, 0.2) is 28.1 Å². The molecule has 7 heteroatoms. The highest BCUT2D eigenvalue weighted by atomic mass is 32.2. The van der Waals surface area contributed by atoms with Crippen LogP contribution in [0.3, 0.4) is 0 Å². The number of aromatic nitrogens is 4. The zero-order chi connectivity index (χ0) is 9.80. The first-order valence-corrected chi connectivity index (χ1v) is 4.99. The summed E-state index contributed by atoms with van der Waals surface area (Å²) in [7, 11) is 0. The first-order chi connectivity index (χ1) is 6.88. The third-order valence-corrected chi connectivity index (χ3v) is 2.31. The molecule has 0 unspecified atom stereocenters. The standard InChI is InChI=1S/C7H9N5OS/c8-4-6-10-11-7(13-6)14-5-12-3-1-2-9-12/h1-3H,4-5,8H2. The van der Waals surface area contributed by atoms with Gasteiger partial charge in [-0.25, -0.2) is 0 Å². The Kier molecular flexibility index (Phi) is 2.80. The lowest BCUT2D eigenvalue weighted by Gasteiger charge is -1.95. The van der Waals surface area contributed by atoms with Crippen molar-refractivity contribution in [3.8, 4) is 0 Å². The van der Waals surface area contributed by atoms with Gasteiger partial charge >= 0.3 is 0 Å². The normalized spacial score (nSPS) is 10.6. The van der Waals surface area contributed by atoms with Crippen molar-refractivity contribution in [3.05, 3.63) is 24.4 Å². The fourth-order valence-corrected chi connectivity index (χ4v) is 1.53. The van der Waals surface area contributed by atoms with Gasteiger partial charge in [0.2, 0.25) is 5.89 Å². The monoisotopic (exact) mass is 211 g/mol. The summed E-state index contributed by atoms with van der Waals surface area (Å²) < 4.78 is 6.98. The van der Waals surface area contributed by atoms with Crippen LogP contribution in [0, 0.1) is 0 Å². The average Bonchev–Trinajstić information content (AvgIpc) is 2.86. The van der Waals surface area contributed by atoms with Crippen LogP contribution in [0.5, 0.6) is 0 Å². The summed E-state index contributed by atoms with van der Waals surface area (Å²) in [6, 6.07) is 1.86. The minimum absolute atomic E-state index is 0.273. The van der Waals surface area contributed by atoms with Gasteiger partial charge in [-0.1, -0.05) is 0 Å². The Balaban J connectivity index is 1.92. The fourth-order valence-electron chi connectivity index (χ4n) is 0.877. The Bertz CT molecular complexity index is 384. The number of hydrogen-bond donors (Lipinski definition) is 1. The Morgan fingerprint density at radius 2 is 2.43 bits per heavy atom. The van der Waals surface area contributed by atoms with E-state index in [2.05, 4.69) is 15.3 Å². The molecule has 0 spiro atoms. The predicted octanol–water partition coefficient (Wildman–Crippen LogP) is 0.475. The largest absolute Gasteiger partial charge is 0.414 e. The Morgan fingerprint density at radius 3 is 3.07 bits per heavy atom. The third kappa shape index (κ3) is 2.12. The molecule has 0 fully saturated rings. The maximum Gasteiger partial charge on any atom is 0.278 e. The highest BCUT2D eigenvalue weighted by Crippen LogP contribution is 2.17. The molecular weight excluding hydrogens is 202 g/mol. The topological polar surface area (TPSA) is 82.8 Å². The lowest BCUT2D eigenvalue weighted by atomic mass is 10.7. The van der Waals surface area contributed by atoms with E-state index in [1.165, 1.54) is 11.8 Å². The highest BCUT2D eigenvalue weighted by Gasteiger charge is 2.04. The maximum absolute atomic E-state index is 5.33. The molecule has 2 heterocycles. The molecule has 0 aliphatic carbocycles. The van der Waals surface area contributed by atoms with Crippen LogP contribution in [-0.2, 0) is 12.4 Å². The van der Waals surface area contributed by atoms with Crippen LogP contribution in [-0.4, -0.2) is 20.0 Å². The van der Waals surface area contributed by atoms with Crippen LogP contribution in [0.4, 0.5) is 0 Å². The van der Waals surface area contributed by atoms with Crippen molar-refractivity contribution in [3.63, 3.8) is 0 Å². The van der Waals surface area contributed by atoms with Gasteiger partial charge in [-0.2, -0.15) is 5.10 Å². The van der Waals surface area contributed by atoms with Gasteiger partial charge in [0.05, 0.1) is 12.4 Å². The number of hydrogen-bond acceptors (Lipinski definition) is 6. The summed E-state index contributed by atoms with van der Waals surface area (Å²) >= 11 is 1.42. The highest BCUT2D eigenvalue weighted by molar-refractivity contribution is 7.98. The minimum Gasteiger partial charge on any atom is -0.414 e. The molecule has 6 nitrogen and oxygen atoms in total. The molecule has 0 aromatic carbocycles. The van der Waals surface area contributed by atoms with Crippen LogP contribution >= 0.6 is 11.8 Å². The van der Waals surface area contributed by atoms with Crippen molar-refractivity contribution >= 4 is 11.8 Å².